The van der Waals surface area contributed by atoms with Crippen LogP contribution in [0.5, 0.6) is 0 Å². The molecule has 1 aromatic rings. The molecule has 5 nitrogen and oxygen atoms in total. The summed E-state index contributed by atoms with van der Waals surface area (Å²) >= 11 is 0. The third-order valence-electron chi connectivity index (χ3n) is 2.88. The summed E-state index contributed by atoms with van der Waals surface area (Å²) in [4.78, 5) is 26.2. The van der Waals surface area contributed by atoms with Crippen molar-refractivity contribution in [3.05, 3.63) is 33.2 Å². The maximum absolute atomic E-state index is 11.8. The standard InChI is InChI=1S/C15H24N2O3/c1-10(2)9-20-6-5-14(18)16-8-13-11(3)7-12(4)17-15(13)19/h7,10H,5-6,8-9H2,1-4H3,(H,16,18)(H,17,19). The number of H-pyrrole nitrogens is 1. The van der Waals surface area contributed by atoms with Crippen molar-refractivity contribution < 1.29 is 9.53 Å². The van der Waals surface area contributed by atoms with Gasteiger partial charge in [0.1, 0.15) is 0 Å². The van der Waals surface area contributed by atoms with Gasteiger partial charge in [-0.25, -0.2) is 0 Å². The van der Waals surface area contributed by atoms with Crippen LogP contribution in [0.15, 0.2) is 10.9 Å². The summed E-state index contributed by atoms with van der Waals surface area (Å²) in [5.41, 5.74) is 2.18. The summed E-state index contributed by atoms with van der Waals surface area (Å²) in [5.74, 6) is 0.361. The molecule has 1 amide bonds. The maximum Gasteiger partial charge on any atom is 0.253 e. The average Bonchev–Trinajstić information content (AvgIpc) is 2.33. The van der Waals surface area contributed by atoms with Crippen LogP contribution in [0.4, 0.5) is 0 Å². The summed E-state index contributed by atoms with van der Waals surface area (Å²) in [5, 5.41) is 2.75. The number of hydrogen-bond donors (Lipinski definition) is 2. The van der Waals surface area contributed by atoms with E-state index in [2.05, 4.69) is 24.1 Å². The SMILES string of the molecule is Cc1cc(C)c(CNC(=O)CCOCC(C)C)c(=O)[nH]1. The topological polar surface area (TPSA) is 71.2 Å². The highest BCUT2D eigenvalue weighted by atomic mass is 16.5. The molecule has 0 saturated carbocycles. The second-order valence-electron chi connectivity index (χ2n) is 5.44. The van der Waals surface area contributed by atoms with E-state index in [4.69, 9.17) is 4.74 Å². The van der Waals surface area contributed by atoms with Gasteiger partial charge in [-0.3, -0.25) is 9.59 Å². The second-order valence-corrected chi connectivity index (χ2v) is 5.44. The lowest BCUT2D eigenvalue weighted by atomic mass is 10.1. The molecule has 20 heavy (non-hydrogen) atoms. The maximum atomic E-state index is 11.8. The molecule has 0 atom stereocenters. The fourth-order valence-electron chi connectivity index (χ4n) is 1.86. The van der Waals surface area contributed by atoms with Crippen molar-refractivity contribution in [2.45, 2.75) is 40.7 Å². The molecule has 1 rings (SSSR count). The van der Waals surface area contributed by atoms with E-state index in [0.29, 0.717) is 31.1 Å². The normalized spacial score (nSPS) is 10.8. The number of nitrogens with one attached hydrogen (secondary N) is 2. The van der Waals surface area contributed by atoms with E-state index >= 15 is 0 Å². The first-order chi connectivity index (χ1) is 9.40. The minimum atomic E-state index is -0.140. The Hall–Kier alpha value is -1.62. The summed E-state index contributed by atoms with van der Waals surface area (Å²) in [6.45, 7) is 9.15. The lowest BCUT2D eigenvalue weighted by molar-refractivity contribution is -0.122. The molecule has 5 heteroatoms. The van der Waals surface area contributed by atoms with E-state index in [1.165, 1.54) is 0 Å². The zero-order valence-corrected chi connectivity index (χ0v) is 12.7. The van der Waals surface area contributed by atoms with E-state index in [1.807, 2.05) is 19.9 Å². The van der Waals surface area contributed by atoms with Gasteiger partial charge in [0.25, 0.3) is 5.56 Å². The van der Waals surface area contributed by atoms with Gasteiger partial charge >= 0.3 is 0 Å². The number of aryl methyl sites for hydroxylation is 2. The van der Waals surface area contributed by atoms with Crippen LogP contribution in [-0.4, -0.2) is 24.1 Å². The Kier molecular flexibility index (Phi) is 6.45. The van der Waals surface area contributed by atoms with Crippen LogP contribution < -0.4 is 10.9 Å². The first-order valence-corrected chi connectivity index (χ1v) is 6.94. The number of carbonyl (C=O) groups excluding carboxylic acids is 1. The zero-order chi connectivity index (χ0) is 15.1. The van der Waals surface area contributed by atoms with Gasteiger partial charge in [-0.1, -0.05) is 13.8 Å². The largest absolute Gasteiger partial charge is 0.381 e. The molecule has 0 fully saturated rings. The predicted octanol–water partition coefficient (Wildman–Crippen LogP) is 1.67. The van der Waals surface area contributed by atoms with Crippen molar-refractivity contribution in [1.29, 1.82) is 0 Å². The van der Waals surface area contributed by atoms with Gasteiger partial charge in [0.2, 0.25) is 5.91 Å². The summed E-state index contributed by atoms with van der Waals surface area (Å²) < 4.78 is 5.35. The van der Waals surface area contributed by atoms with E-state index in [-0.39, 0.29) is 18.0 Å². The van der Waals surface area contributed by atoms with Gasteiger partial charge in [-0.2, -0.15) is 0 Å². The van der Waals surface area contributed by atoms with E-state index in [0.717, 1.165) is 11.3 Å². The minimum absolute atomic E-state index is 0.104. The smallest absolute Gasteiger partial charge is 0.253 e. The van der Waals surface area contributed by atoms with Crippen LogP contribution in [-0.2, 0) is 16.1 Å². The van der Waals surface area contributed by atoms with Crippen LogP contribution in [0.3, 0.4) is 0 Å². The number of hydrogen-bond acceptors (Lipinski definition) is 3. The molecule has 1 heterocycles. The van der Waals surface area contributed by atoms with Crippen molar-refractivity contribution in [3.63, 3.8) is 0 Å². The Morgan fingerprint density at radius 1 is 1.40 bits per heavy atom. The van der Waals surface area contributed by atoms with Gasteiger partial charge < -0.3 is 15.0 Å². The molecule has 0 spiro atoms. The molecular formula is C15H24N2O3. The van der Waals surface area contributed by atoms with Crippen LogP contribution in [0.2, 0.25) is 0 Å². The molecule has 0 saturated heterocycles. The Morgan fingerprint density at radius 3 is 2.70 bits per heavy atom. The first-order valence-electron chi connectivity index (χ1n) is 6.94. The number of amides is 1. The Labute approximate surface area is 119 Å². The molecule has 0 aliphatic heterocycles. The van der Waals surface area contributed by atoms with E-state index in [1.54, 1.807) is 0 Å². The van der Waals surface area contributed by atoms with Crippen molar-refractivity contribution in [1.82, 2.24) is 10.3 Å². The average molecular weight is 280 g/mol. The lowest BCUT2D eigenvalue weighted by Crippen LogP contribution is -2.28. The number of aromatic nitrogens is 1. The first kappa shape index (κ1) is 16.4. The molecule has 1 aromatic heterocycles. The van der Waals surface area contributed by atoms with Crippen molar-refractivity contribution in [2.75, 3.05) is 13.2 Å². The van der Waals surface area contributed by atoms with Crippen LogP contribution in [0.25, 0.3) is 0 Å². The molecule has 0 aliphatic rings. The van der Waals surface area contributed by atoms with Crippen molar-refractivity contribution in [3.8, 4) is 0 Å². The highest BCUT2D eigenvalue weighted by Crippen LogP contribution is 2.03. The Morgan fingerprint density at radius 2 is 2.10 bits per heavy atom. The fraction of sp³-hybridized carbons (Fsp3) is 0.600. The van der Waals surface area contributed by atoms with E-state index in [9.17, 15) is 9.59 Å². The Balaban J connectivity index is 2.40. The molecular weight excluding hydrogens is 256 g/mol. The molecule has 0 aliphatic carbocycles. The number of aromatic amines is 1. The van der Waals surface area contributed by atoms with Gasteiger partial charge in [0.05, 0.1) is 6.61 Å². The molecule has 2 N–H and O–H groups in total. The predicted molar refractivity (Wildman–Crippen MR) is 78.7 cm³/mol. The molecule has 0 radical (unpaired) electrons. The minimum Gasteiger partial charge on any atom is -0.381 e. The van der Waals surface area contributed by atoms with Crippen LogP contribution in [0.1, 0.15) is 37.1 Å². The van der Waals surface area contributed by atoms with Crippen molar-refractivity contribution in [2.24, 2.45) is 5.92 Å². The molecule has 112 valence electrons. The summed E-state index contributed by atoms with van der Waals surface area (Å²) in [7, 11) is 0. The van der Waals surface area contributed by atoms with Crippen LogP contribution >= 0.6 is 0 Å². The highest BCUT2D eigenvalue weighted by molar-refractivity contribution is 5.75. The molecule has 0 bridgehead atoms. The third kappa shape index (κ3) is 5.57. The summed E-state index contributed by atoms with van der Waals surface area (Å²) in [6.07, 6.45) is 0.315. The second kappa shape index (κ2) is 7.85. The third-order valence-corrected chi connectivity index (χ3v) is 2.88. The van der Waals surface area contributed by atoms with Crippen LogP contribution in [0, 0.1) is 19.8 Å². The molecule has 0 unspecified atom stereocenters. The fourth-order valence-corrected chi connectivity index (χ4v) is 1.86. The highest BCUT2D eigenvalue weighted by Gasteiger charge is 2.07. The quantitative estimate of drug-likeness (QED) is 0.746. The number of ether oxygens (including phenoxy) is 1. The lowest BCUT2D eigenvalue weighted by Gasteiger charge is -2.09. The van der Waals surface area contributed by atoms with Crippen molar-refractivity contribution >= 4 is 5.91 Å². The summed E-state index contributed by atoms with van der Waals surface area (Å²) in [6, 6.07) is 1.90. The van der Waals surface area contributed by atoms with Gasteiger partial charge in [-0.15, -0.1) is 0 Å². The monoisotopic (exact) mass is 280 g/mol. The number of pyridine rings is 1. The molecule has 0 aromatic carbocycles. The van der Waals surface area contributed by atoms with Gasteiger partial charge in [-0.05, 0) is 31.4 Å². The number of carbonyl (C=O) groups is 1. The van der Waals surface area contributed by atoms with Gasteiger partial charge in [0.15, 0.2) is 0 Å². The zero-order valence-electron chi connectivity index (χ0n) is 12.7. The number of rotatable bonds is 7. The van der Waals surface area contributed by atoms with Gasteiger partial charge in [0, 0.05) is 30.8 Å². The van der Waals surface area contributed by atoms with E-state index < -0.39 is 0 Å². The Bertz CT molecular complexity index is 506.